The van der Waals surface area contributed by atoms with Crippen molar-refractivity contribution >= 4 is 51.9 Å². The summed E-state index contributed by atoms with van der Waals surface area (Å²) in [6, 6.07) is 11.6. The predicted octanol–water partition coefficient (Wildman–Crippen LogP) is 3.70. The van der Waals surface area contributed by atoms with Crippen LogP contribution in [0.5, 0.6) is 0 Å². The molecule has 0 unspecified atom stereocenters. The summed E-state index contributed by atoms with van der Waals surface area (Å²) in [5.41, 5.74) is 1.28. The monoisotopic (exact) mass is 381 g/mol. The summed E-state index contributed by atoms with van der Waals surface area (Å²) < 4.78 is 6.28. The highest BCUT2D eigenvalue weighted by molar-refractivity contribution is 14.1. The first-order valence-electron chi connectivity index (χ1n) is 5.54. The van der Waals surface area contributed by atoms with E-state index < -0.39 is 5.97 Å². The van der Waals surface area contributed by atoms with Crippen molar-refractivity contribution in [3.63, 3.8) is 0 Å². The molecular formula is C14H8INO2S. The molecule has 0 spiro atoms. The van der Waals surface area contributed by atoms with E-state index in [1.165, 1.54) is 11.3 Å². The van der Waals surface area contributed by atoms with Gasteiger partial charge in [0.2, 0.25) is 5.90 Å². The summed E-state index contributed by atoms with van der Waals surface area (Å²) in [5.74, 6) is -0.0147. The zero-order valence-corrected chi connectivity index (χ0v) is 12.6. The maximum atomic E-state index is 11.8. The topological polar surface area (TPSA) is 38.7 Å². The van der Waals surface area contributed by atoms with Crippen molar-refractivity contribution in [2.75, 3.05) is 0 Å². The average molecular weight is 381 g/mol. The van der Waals surface area contributed by atoms with E-state index in [0.717, 1.165) is 14.0 Å². The third kappa shape index (κ3) is 2.76. The molecule has 0 amide bonds. The summed E-state index contributed by atoms with van der Waals surface area (Å²) in [4.78, 5) is 16.9. The molecular weight excluding hydrogens is 373 g/mol. The molecule has 0 saturated heterocycles. The van der Waals surface area contributed by atoms with Crippen LogP contribution >= 0.6 is 33.9 Å². The third-order valence-corrected chi connectivity index (χ3v) is 4.03. The lowest BCUT2D eigenvalue weighted by Gasteiger charge is -1.95. The van der Waals surface area contributed by atoms with Gasteiger partial charge in [0.25, 0.3) is 0 Å². The van der Waals surface area contributed by atoms with E-state index in [-0.39, 0.29) is 0 Å². The number of hydrogen-bond acceptors (Lipinski definition) is 4. The molecule has 0 N–H and O–H groups in total. The maximum absolute atomic E-state index is 11.8. The lowest BCUT2D eigenvalue weighted by molar-refractivity contribution is -0.129. The number of nitrogens with zero attached hydrogens (tertiary/aromatic N) is 1. The van der Waals surface area contributed by atoms with Crippen LogP contribution in [0.2, 0.25) is 0 Å². The second-order valence-electron chi connectivity index (χ2n) is 3.87. The van der Waals surface area contributed by atoms with E-state index in [0.29, 0.717) is 11.6 Å². The molecule has 2 aromatic rings. The Morgan fingerprint density at radius 3 is 2.89 bits per heavy atom. The molecule has 1 aromatic heterocycles. The molecule has 2 heterocycles. The minimum atomic E-state index is -0.401. The Morgan fingerprint density at radius 1 is 1.26 bits per heavy atom. The molecule has 1 aromatic carbocycles. The molecule has 3 rings (SSSR count). The van der Waals surface area contributed by atoms with Gasteiger partial charge in [-0.1, -0.05) is 18.2 Å². The quantitative estimate of drug-likeness (QED) is 0.452. The molecule has 0 fully saturated rings. The number of aliphatic imine (C=N–C) groups is 1. The number of carbonyl (C=O) groups is 1. The SMILES string of the molecule is O=C1OC(c2cccs2)=N/C1=C/c1cccc(I)c1. The first-order valence-corrected chi connectivity index (χ1v) is 7.50. The fourth-order valence-corrected chi connectivity index (χ4v) is 2.89. The van der Waals surface area contributed by atoms with Crippen LogP contribution in [0.25, 0.3) is 6.08 Å². The Labute approximate surface area is 127 Å². The van der Waals surface area contributed by atoms with Gasteiger partial charge in [0.05, 0.1) is 4.88 Å². The Kier molecular flexibility index (Phi) is 3.48. The van der Waals surface area contributed by atoms with Gasteiger partial charge in [-0.25, -0.2) is 9.79 Å². The van der Waals surface area contributed by atoms with Crippen molar-refractivity contribution in [3.8, 4) is 0 Å². The molecule has 5 heteroatoms. The Hall–Kier alpha value is -1.47. The molecule has 1 aliphatic heterocycles. The van der Waals surface area contributed by atoms with Gasteiger partial charge in [-0.3, -0.25) is 0 Å². The Bertz CT molecular complexity index is 689. The standard InChI is InChI=1S/C14H8INO2S/c15-10-4-1-3-9(7-10)8-11-14(17)18-13(16-11)12-5-2-6-19-12/h1-8H/b11-8+. The van der Waals surface area contributed by atoms with E-state index in [1.807, 2.05) is 41.8 Å². The highest BCUT2D eigenvalue weighted by Gasteiger charge is 2.24. The predicted molar refractivity (Wildman–Crippen MR) is 84.1 cm³/mol. The smallest absolute Gasteiger partial charge is 0.363 e. The molecule has 94 valence electrons. The summed E-state index contributed by atoms with van der Waals surface area (Å²) in [6.45, 7) is 0. The van der Waals surface area contributed by atoms with Crippen molar-refractivity contribution in [1.82, 2.24) is 0 Å². The van der Waals surface area contributed by atoms with Gasteiger partial charge < -0.3 is 4.74 Å². The number of thiophene rings is 1. The lowest BCUT2D eigenvalue weighted by atomic mass is 10.2. The number of ether oxygens (including phenoxy) is 1. The van der Waals surface area contributed by atoms with E-state index >= 15 is 0 Å². The number of esters is 1. The first kappa shape index (κ1) is 12.6. The fraction of sp³-hybridized carbons (Fsp3) is 0. The summed E-state index contributed by atoms with van der Waals surface area (Å²) in [5, 5.41) is 1.92. The van der Waals surface area contributed by atoms with E-state index in [1.54, 1.807) is 6.08 Å². The van der Waals surface area contributed by atoms with E-state index in [9.17, 15) is 4.79 Å². The molecule has 0 atom stereocenters. The number of rotatable bonds is 2. The van der Waals surface area contributed by atoms with Crippen LogP contribution in [0.1, 0.15) is 10.4 Å². The van der Waals surface area contributed by atoms with Crippen LogP contribution in [-0.2, 0) is 9.53 Å². The summed E-state index contributed by atoms with van der Waals surface area (Å²) >= 11 is 3.73. The van der Waals surface area contributed by atoms with Gasteiger partial charge in [0, 0.05) is 3.57 Å². The minimum absolute atomic E-state index is 0.338. The number of carbonyl (C=O) groups excluding carboxylic acids is 1. The molecule has 0 saturated carbocycles. The van der Waals surface area contributed by atoms with Gasteiger partial charge in [0.15, 0.2) is 5.70 Å². The normalized spacial score (nSPS) is 16.6. The molecule has 3 nitrogen and oxygen atoms in total. The van der Waals surface area contributed by atoms with Gasteiger partial charge in [-0.15, -0.1) is 11.3 Å². The van der Waals surface area contributed by atoms with Gasteiger partial charge >= 0.3 is 5.97 Å². The van der Waals surface area contributed by atoms with Crippen LogP contribution in [-0.4, -0.2) is 11.9 Å². The van der Waals surface area contributed by atoms with Crippen LogP contribution in [0, 0.1) is 3.57 Å². The van der Waals surface area contributed by atoms with Crippen LogP contribution in [0.4, 0.5) is 0 Å². The highest BCUT2D eigenvalue weighted by atomic mass is 127. The molecule has 0 aliphatic carbocycles. The molecule has 1 aliphatic rings. The number of halogens is 1. The number of benzene rings is 1. The van der Waals surface area contributed by atoms with Crippen molar-refractivity contribution in [3.05, 3.63) is 61.5 Å². The van der Waals surface area contributed by atoms with Gasteiger partial charge in [-0.05, 0) is 57.8 Å². The maximum Gasteiger partial charge on any atom is 0.363 e. The number of cyclic esters (lactones) is 1. The highest BCUT2D eigenvalue weighted by Crippen LogP contribution is 2.21. The van der Waals surface area contributed by atoms with Crippen LogP contribution in [0.15, 0.2) is 52.5 Å². The first-order chi connectivity index (χ1) is 9.22. The third-order valence-electron chi connectivity index (χ3n) is 2.50. The average Bonchev–Trinajstić information content (AvgIpc) is 3.00. The van der Waals surface area contributed by atoms with E-state index in [4.69, 9.17) is 4.74 Å². The second kappa shape index (κ2) is 5.26. The van der Waals surface area contributed by atoms with Crippen molar-refractivity contribution < 1.29 is 9.53 Å². The molecule has 0 bridgehead atoms. The van der Waals surface area contributed by atoms with Crippen molar-refractivity contribution in [2.24, 2.45) is 4.99 Å². The zero-order chi connectivity index (χ0) is 13.2. The summed E-state index contributed by atoms with van der Waals surface area (Å²) in [7, 11) is 0. The lowest BCUT2D eigenvalue weighted by Crippen LogP contribution is -2.03. The zero-order valence-electron chi connectivity index (χ0n) is 9.67. The van der Waals surface area contributed by atoms with Gasteiger partial charge in [-0.2, -0.15) is 0 Å². The fourth-order valence-electron chi connectivity index (χ4n) is 1.67. The molecule has 19 heavy (non-hydrogen) atoms. The largest absolute Gasteiger partial charge is 0.401 e. The minimum Gasteiger partial charge on any atom is -0.401 e. The van der Waals surface area contributed by atoms with Gasteiger partial charge in [0.1, 0.15) is 0 Å². The Balaban J connectivity index is 1.95. The second-order valence-corrected chi connectivity index (χ2v) is 6.06. The Morgan fingerprint density at radius 2 is 2.16 bits per heavy atom. The van der Waals surface area contributed by atoms with Crippen LogP contribution in [0.3, 0.4) is 0 Å². The molecule has 0 radical (unpaired) electrons. The van der Waals surface area contributed by atoms with E-state index in [2.05, 4.69) is 27.6 Å². The number of hydrogen-bond donors (Lipinski definition) is 0. The van der Waals surface area contributed by atoms with Crippen LogP contribution < -0.4 is 0 Å². The van der Waals surface area contributed by atoms with Crippen molar-refractivity contribution in [1.29, 1.82) is 0 Å². The van der Waals surface area contributed by atoms with Crippen molar-refractivity contribution in [2.45, 2.75) is 0 Å². The summed E-state index contributed by atoms with van der Waals surface area (Å²) in [6.07, 6.45) is 1.74.